The summed E-state index contributed by atoms with van der Waals surface area (Å²) in [6.45, 7) is 4.09. The number of thioether (sulfide) groups is 1. The molecule has 152 valence electrons. The number of aryl methyl sites for hydroxylation is 1. The molecule has 2 aromatic carbocycles. The fraction of sp³-hybridized carbons (Fsp3) is 0.286. The lowest BCUT2D eigenvalue weighted by Crippen LogP contribution is -2.17. The predicted octanol–water partition coefficient (Wildman–Crippen LogP) is 4.78. The van der Waals surface area contributed by atoms with Crippen molar-refractivity contribution in [2.24, 2.45) is 0 Å². The van der Waals surface area contributed by atoms with Gasteiger partial charge in [0.05, 0.1) is 12.9 Å². The first-order valence-corrected chi connectivity index (χ1v) is 10.7. The van der Waals surface area contributed by atoms with Crippen molar-refractivity contribution < 1.29 is 9.53 Å². The number of amides is 1. The van der Waals surface area contributed by atoms with E-state index in [9.17, 15) is 4.79 Å². The molecule has 1 amide bonds. The molecule has 0 saturated carbocycles. The Morgan fingerprint density at radius 3 is 2.59 bits per heavy atom. The Bertz CT molecular complexity index is 989. The zero-order valence-corrected chi connectivity index (χ0v) is 18.2. The van der Waals surface area contributed by atoms with Crippen LogP contribution in [0.5, 0.6) is 5.75 Å². The SMILES string of the molecule is CCc1ccc(Cl)c(CC)c1NC(=O)CSc1nncn1-c1ccc(OC)cc1. The summed E-state index contributed by atoms with van der Waals surface area (Å²) in [5.41, 5.74) is 3.76. The Balaban J connectivity index is 1.71. The maximum absolute atomic E-state index is 12.6. The van der Waals surface area contributed by atoms with Crippen molar-refractivity contribution >= 4 is 35.0 Å². The Kier molecular flexibility index (Phi) is 7.17. The summed E-state index contributed by atoms with van der Waals surface area (Å²) in [5, 5.41) is 12.5. The molecule has 3 aromatic rings. The van der Waals surface area contributed by atoms with Gasteiger partial charge in [-0.1, -0.05) is 43.3 Å². The molecular weight excluding hydrogens is 408 g/mol. The molecule has 3 rings (SSSR count). The van der Waals surface area contributed by atoms with Gasteiger partial charge in [-0.3, -0.25) is 9.36 Å². The molecule has 0 unspecified atom stereocenters. The average molecular weight is 431 g/mol. The third-order valence-corrected chi connectivity index (χ3v) is 5.84. The number of anilines is 1. The van der Waals surface area contributed by atoms with Gasteiger partial charge in [0.25, 0.3) is 0 Å². The van der Waals surface area contributed by atoms with Crippen LogP contribution in [0.4, 0.5) is 5.69 Å². The quantitative estimate of drug-likeness (QED) is 0.520. The molecule has 1 N–H and O–H groups in total. The highest BCUT2D eigenvalue weighted by molar-refractivity contribution is 7.99. The van der Waals surface area contributed by atoms with Crippen molar-refractivity contribution in [1.29, 1.82) is 0 Å². The number of rotatable bonds is 8. The van der Waals surface area contributed by atoms with Gasteiger partial charge >= 0.3 is 0 Å². The smallest absolute Gasteiger partial charge is 0.234 e. The minimum Gasteiger partial charge on any atom is -0.497 e. The van der Waals surface area contributed by atoms with Crippen molar-refractivity contribution in [3.05, 3.63) is 58.9 Å². The van der Waals surface area contributed by atoms with Gasteiger partial charge in [0.2, 0.25) is 5.91 Å². The standard InChI is InChI=1S/C21H23ClN4O2S/c1-4-14-6-11-18(22)17(5-2)20(14)24-19(27)12-29-21-25-23-13-26(21)15-7-9-16(28-3)10-8-15/h6-11,13H,4-5,12H2,1-3H3,(H,24,27). The second kappa shape index (κ2) is 9.80. The molecule has 8 heteroatoms. The summed E-state index contributed by atoms with van der Waals surface area (Å²) in [7, 11) is 1.63. The molecule has 0 radical (unpaired) electrons. The maximum Gasteiger partial charge on any atom is 0.234 e. The fourth-order valence-corrected chi connectivity index (χ4v) is 4.04. The van der Waals surface area contributed by atoms with E-state index in [2.05, 4.69) is 22.4 Å². The zero-order chi connectivity index (χ0) is 20.8. The van der Waals surface area contributed by atoms with E-state index in [0.717, 1.165) is 41.1 Å². The van der Waals surface area contributed by atoms with Crippen molar-refractivity contribution in [2.45, 2.75) is 31.8 Å². The molecule has 1 heterocycles. The molecular formula is C21H23ClN4O2S. The van der Waals surface area contributed by atoms with Crippen LogP contribution in [0.25, 0.3) is 5.69 Å². The lowest BCUT2D eigenvalue weighted by Gasteiger charge is -2.16. The van der Waals surface area contributed by atoms with Crippen molar-refractivity contribution in [1.82, 2.24) is 14.8 Å². The van der Waals surface area contributed by atoms with Crippen LogP contribution in [-0.4, -0.2) is 33.5 Å². The first kappa shape index (κ1) is 21.2. The fourth-order valence-electron chi connectivity index (χ4n) is 3.02. The Labute approximate surface area is 179 Å². The van der Waals surface area contributed by atoms with Crippen LogP contribution in [0.2, 0.25) is 5.02 Å². The minimum atomic E-state index is -0.106. The van der Waals surface area contributed by atoms with Crippen LogP contribution < -0.4 is 10.1 Å². The predicted molar refractivity (Wildman–Crippen MR) is 117 cm³/mol. The minimum absolute atomic E-state index is 0.106. The van der Waals surface area contributed by atoms with Crippen molar-refractivity contribution in [3.63, 3.8) is 0 Å². The lowest BCUT2D eigenvalue weighted by atomic mass is 10.0. The Morgan fingerprint density at radius 1 is 1.17 bits per heavy atom. The van der Waals surface area contributed by atoms with E-state index in [-0.39, 0.29) is 11.7 Å². The third-order valence-electron chi connectivity index (χ3n) is 4.54. The normalized spacial score (nSPS) is 10.8. The molecule has 29 heavy (non-hydrogen) atoms. The summed E-state index contributed by atoms with van der Waals surface area (Å²) >= 11 is 7.65. The monoisotopic (exact) mass is 430 g/mol. The molecule has 0 fully saturated rings. The van der Waals surface area contributed by atoms with Gasteiger partial charge in [0, 0.05) is 16.4 Å². The molecule has 1 aromatic heterocycles. The van der Waals surface area contributed by atoms with Crippen LogP contribution in [-0.2, 0) is 17.6 Å². The molecule has 0 saturated heterocycles. The van der Waals surface area contributed by atoms with Gasteiger partial charge in [-0.25, -0.2) is 0 Å². The Morgan fingerprint density at radius 2 is 1.93 bits per heavy atom. The zero-order valence-electron chi connectivity index (χ0n) is 16.6. The number of carbonyl (C=O) groups is 1. The van der Waals surface area contributed by atoms with Gasteiger partial charge < -0.3 is 10.1 Å². The van der Waals surface area contributed by atoms with Crippen LogP contribution in [0.3, 0.4) is 0 Å². The maximum atomic E-state index is 12.6. The first-order valence-electron chi connectivity index (χ1n) is 9.34. The van der Waals surface area contributed by atoms with Gasteiger partial charge in [0.15, 0.2) is 5.16 Å². The average Bonchev–Trinajstić information content (AvgIpc) is 3.21. The summed E-state index contributed by atoms with van der Waals surface area (Å²) < 4.78 is 7.03. The lowest BCUT2D eigenvalue weighted by molar-refractivity contribution is -0.113. The number of nitrogens with one attached hydrogen (secondary N) is 1. The van der Waals surface area contributed by atoms with Gasteiger partial charge in [-0.2, -0.15) is 0 Å². The number of aromatic nitrogens is 3. The largest absolute Gasteiger partial charge is 0.497 e. The molecule has 0 aliphatic rings. The van der Waals surface area contributed by atoms with E-state index in [1.54, 1.807) is 13.4 Å². The second-order valence-corrected chi connectivity index (χ2v) is 7.64. The number of hydrogen-bond donors (Lipinski definition) is 1. The van der Waals surface area contributed by atoms with Gasteiger partial charge in [-0.15, -0.1) is 10.2 Å². The van der Waals surface area contributed by atoms with E-state index in [1.165, 1.54) is 11.8 Å². The summed E-state index contributed by atoms with van der Waals surface area (Å²) in [4.78, 5) is 12.6. The number of nitrogens with zero attached hydrogens (tertiary/aromatic N) is 3. The highest BCUT2D eigenvalue weighted by Crippen LogP contribution is 2.30. The van der Waals surface area contributed by atoms with E-state index >= 15 is 0 Å². The number of methoxy groups -OCH3 is 1. The summed E-state index contributed by atoms with van der Waals surface area (Å²) in [6.07, 6.45) is 3.20. The van der Waals surface area contributed by atoms with Crippen molar-refractivity contribution in [3.8, 4) is 11.4 Å². The second-order valence-electron chi connectivity index (χ2n) is 6.29. The molecule has 6 nitrogen and oxygen atoms in total. The van der Waals surface area contributed by atoms with Gasteiger partial charge in [0.1, 0.15) is 12.1 Å². The number of hydrogen-bond acceptors (Lipinski definition) is 5. The molecule has 0 atom stereocenters. The molecule has 0 spiro atoms. The highest BCUT2D eigenvalue weighted by atomic mass is 35.5. The number of ether oxygens (including phenoxy) is 1. The third kappa shape index (κ3) is 4.92. The van der Waals surface area contributed by atoms with E-state index in [1.807, 2.05) is 47.9 Å². The summed E-state index contributed by atoms with van der Waals surface area (Å²) in [5.74, 6) is 0.884. The molecule has 0 bridgehead atoms. The van der Waals surface area contributed by atoms with Gasteiger partial charge in [-0.05, 0) is 54.3 Å². The van der Waals surface area contributed by atoms with Crippen LogP contribution in [0.15, 0.2) is 47.9 Å². The topological polar surface area (TPSA) is 69.0 Å². The van der Waals surface area contributed by atoms with Crippen LogP contribution >= 0.6 is 23.4 Å². The van der Waals surface area contributed by atoms with E-state index in [4.69, 9.17) is 16.3 Å². The van der Waals surface area contributed by atoms with Crippen LogP contribution in [0, 0.1) is 0 Å². The van der Waals surface area contributed by atoms with Crippen molar-refractivity contribution in [2.75, 3.05) is 18.2 Å². The molecule has 0 aliphatic carbocycles. The number of benzene rings is 2. The Hall–Kier alpha value is -2.51. The number of halogens is 1. The first-order chi connectivity index (χ1) is 14.1. The van der Waals surface area contributed by atoms with E-state index < -0.39 is 0 Å². The summed E-state index contributed by atoms with van der Waals surface area (Å²) in [6, 6.07) is 11.4. The van der Waals surface area contributed by atoms with Crippen LogP contribution in [0.1, 0.15) is 25.0 Å². The molecule has 0 aliphatic heterocycles. The van der Waals surface area contributed by atoms with E-state index in [0.29, 0.717) is 10.2 Å². The highest BCUT2D eigenvalue weighted by Gasteiger charge is 2.15. The number of carbonyl (C=O) groups excluding carboxylic acids is 1.